The summed E-state index contributed by atoms with van der Waals surface area (Å²) >= 11 is 0. The molecule has 3 rings (SSSR count). The van der Waals surface area contributed by atoms with Crippen molar-refractivity contribution in [2.45, 2.75) is 26.4 Å². The molecule has 4 nitrogen and oxygen atoms in total. The van der Waals surface area contributed by atoms with E-state index in [0.717, 1.165) is 29.8 Å². The molecule has 0 saturated heterocycles. The lowest BCUT2D eigenvalue weighted by Gasteiger charge is -2.04. The van der Waals surface area contributed by atoms with Crippen molar-refractivity contribution in [2.75, 3.05) is 13.2 Å². The normalized spacial score (nSPS) is 11.0. The molecule has 0 bridgehead atoms. The van der Waals surface area contributed by atoms with Gasteiger partial charge >= 0.3 is 0 Å². The quantitative estimate of drug-likeness (QED) is 0.621. The third kappa shape index (κ3) is 4.56. The van der Waals surface area contributed by atoms with E-state index in [2.05, 4.69) is 54.8 Å². The predicted molar refractivity (Wildman–Crippen MR) is 101 cm³/mol. The Morgan fingerprint density at radius 3 is 2.44 bits per heavy atom. The molecule has 25 heavy (non-hydrogen) atoms. The van der Waals surface area contributed by atoms with Gasteiger partial charge in [-0.3, -0.25) is 4.68 Å². The van der Waals surface area contributed by atoms with Crippen molar-refractivity contribution in [2.24, 2.45) is 0 Å². The van der Waals surface area contributed by atoms with E-state index in [4.69, 9.17) is 10.2 Å². The average Bonchev–Trinajstić information content (AvgIpc) is 3.05. The van der Waals surface area contributed by atoms with E-state index >= 15 is 0 Å². The lowest BCUT2D eigenvalue weighted by molar-refractivity contribution is 0.292. The van der Waals surface area contributed by atoms with Crippen molar-refractivity contribution in [1.82, 2.24) is 15.1 Å². The maximum Gasteiger partial charge on any atom is 0.0968 e. The number of aryl methyl sites for hydroxylation is 1. The maximum absolute atomic E-state index is 9.00. The predicted octanol–water partition coefficient (Wildman–Crippen LogP) is 3.24. The number of nitrogens with one attached hydrogen (secondary N) is 1. The van der Waals surface area contributed by atoms with E-state index in [1.165, 1.54) is 11.1 Å². The highest BCUT2D eigenvalue weighted by Gasteiger charge is 2.11. The van der Waals surface area contributed by atoms with E-state index in [9.17, 15) is 0 Å². The zero-order valence-corrected chi connectivity index (χ0v) is 14.7. The summed E-state index contributed by atoms with van der Waals surface area (Å²) in [6.45, 7) is 4.33. The topological polar surface area (TPSA) is 50.1 Å². The highest BCUT2D eigenvalue weighted by molar-refractivity contribution is 5.63. The summed E-state index contributed by atoms with van der Waals surface area (Å²) < 4.78 is 1.99. The Labute approximate surface area is 149 Å². The molecule has 0 spiro atoms. The van der Waals surface area contributed by atoms with E-state index < -0.39 is 0 Å². The molecule has 1 aromatic heterocycles. The number of rotatable bonds is 8. The molecule has 4 heteroatoms. The van der Waals surface area contributed by atoms with E-state index in [0.29, 0.717) is 13.1 Å². The molecule has 0 aliphatic rings. The minimum absolute atomic E-state index is 0.138. The van der Waals surface area contributed by atoms with Crippen molar-refractivity contribution in [3.63, 3.8) is 0 Å². The summed E-state index contributed by atoms with van der Waals surface area (Å²) in [6, 6.07) is 19.0. The fourth-order valence-electron chi connectivity index (χ4n) is 2.89. The van der Waals surface area contributed by atoms with Crippen LogP contribution in [0.1, 0.15) is 23.6 Å². The Kier molecular flexibility index (Phi) is 5.99. The Bertz CT molecular complexity index is 779. The van der Waals surface area contributed by atoms with Gasteiger partial charge in [0.2, 0.25) is 0 Å². The van der Waals surface area contributed by atoms with Crippen LogP contribution < -0.4 is 5.32 Å². The lowest BCUT2D eigenvalue weighted by Crippen LogP contribution is -2.17. The molecule has 0 unspecified atom stereocenters. The molecule has 0 aliphatic heterocycles. The van der Waals surface area contributed by atoms with Gasteiger partial charge in [0.05, 0.1) is 18.8 Å². The molecule has 2 N–H and O–H groups in total. The van der Waals surface area contributed by atoms with Crippen molar-refractivity contribution in [3.05, 3.63) is 77.5 Å². The van der Waals surface area contributed by atoms with Gasteiger partial charge in [-0.2, -0.15) is 5.10 Å². The van der Waals surface area contributed by atoms with Crippen LogP contribution in [-0.2, 0) is 19.5 Å². The van der Waals surface area contributed by atoms with Crippen LogP contribution in [0.3, 0.4) is 0 Å². The molecule has 0 amide bonds. The molecule has 0 atom stereocenters. The third-order valence-electron chi connectivity index (χ3n) is 4.26. The summed E-state index contributed by atoms with van der Waals surface area (Å²) in [6.07, 6.45) is 3.13. The van der Waals surface area contributed by atoms with Crippen LogP contribution in [0, 0.1) is 0 Å². The van der Waals surface area contributed by atoms with Gasteiger partial charge < -0.3 is 10.4 Å². The Morgan fingerprint density at radius 2 is 1.76 bits per heavy atom. The standard InChI is InChI=1S/C21H25N3O/c1-2-17-8-10-19(11-9-17)21-20(14-22-12-13-25)16-24(23-21)15-18-6-4-3-5-7-18/h3-11,16,22,25H,2,12-15H2,1H3. The Morgan fingerprint density at radius 1 is 1.00 bits per heavy atom. The molecular formula is C21H25N3O. The molecule has 0 radical (unpaired) electrons. The Balaban J connectivity index is 1.87. The fraction of sp³-hybridized carbons (Fsp3) is 0.286. The van der Waals surface area contributed by atoms with Gasteiger partial charge in [-0.15, -0.1) is 0 Å². The minimum atomic E-state index is 0.138. The summed E-state index contributed by atoms with van der Waals surface area (Å²) in [7, 11) is 0. The van der Waals surface area contributed by atoms with Crippen LogP contribution in [0.2, 0.25) is 0 Å². The van der Waals surface area contributed by atoms with Crippen LogP contribution in [0.15, 0.2) is 60.8 Å². The Hall–Kier alpha value is -2.43. The zero-order valence-electron chi connectivity index (χ0n) is 14.7. The number of benzene rings is 2. The SMILES string of the molecule is CCc1ccc(-c2nn(Cc3ccccc3)cc2CNCCO)cc1. The van der Waals surface area contributed by atoms with Gasteiger partial charge in [-0.1, -0.05) is 61.5 Å². The first-order valence-electron chi connectivity index (χ1n) is 8.81. The highest BCUT2D eigenvalue weighted by atomic mass is 16.3. The minimum Gasteiger partial charge on any atom is -0.395 e. The number of aromatic nitrogens is 2. The lowest BCUT2D eigenvalue weighted by atomic mass is 10.1. The average molecular weight is 335 g/mol. The second-order valence-corrected chi connectivity index (χ2v) is 6.14. The van der Waals surface area contributed by atoms with Gasteiger partial charge in [0.25, 0.3) is 0 Å². The number of aliphatic hydroxyl groups excluding tert-OH is 1. The summed E-state index contributed by atoms with van der Waals surface area (Å²) in [5.74, 6) is 0. The third-order valence-corrected chi connectivity index (χ3v) is 4.26. The van der Waals surface area contributed by atoms with Crippen molar-refractivity contribution in [1.29, 1.82) is 0 Å². The number of hydrogen-bond donors (Lipinski definition) is 2. The molecule has 2 aromatic carbocycles. The van der Waals surface area contributed by atoms with E-state index in [1.807, 2.05) is 22.9 Å². The van der Waals surface area contributed by atoms with E-state index in [-0.39, 0.29) is 6.61 Å². The highest BCUT2D eigenvalue weighted by Crippen LogP contribution is 2.23. The van der Waals surface area contributed by atoms with Gasteiger partial charge in [0, 0.05) is 30.4 Å². The second kappa shape index (κ2) is 8.60. The van der Waals surface area contributed by atoms with E-state index in [1.54, 1.807) is 0 Å². The number of hydrogen-bond acceptors (Lipinski definition) is 3. The molecule has 0 fully saturated rings. The summed E-state index contributed by atoms with van der Waals surface area (Å²) in [4.78, 5) is 0. The molecule has 0 aliphatic carbocycles. The first kappa shape index (κ1) is 17.4. The smallest absolute Gasteiger partial charge is 0.0968 e. The van der Waals surface area contributed by atoms with Gasteiger partial charge in [-0.05, 0) is 17.5 Å². The molecule has 130 valence electrons. The van der Waals surface area contributed by atoms with Crippen LogP contribution in [0.4, 0.5) is 0 Å². The summed E-state index contributed by atoms with van der Waals surface area (Å²) in [5, 5.41) is 17.1. The van der Waals surface area contributed by atoms with Crippen LogP contribution in [0.5, 0.6) is 0 Å². The first-order valence-corrected chi connectivity index (χ1v) is 8.81. The molecule has 1 heterocycles. The number of aliphatic hydroxyl groups is 1. The van der Waals surface area contributed by atoms with Gasteiger partial charge in [0.15, 0.2) is 0 Å². The van der Waals surface area contributed by atoms with Crippen LogP contribution in [-0.4, -0.2) is 28.0 Å². The monoisotopic (exact) mass is 335 g/mol. The first-order chi connectivity index (χ1) is 12.3. The molecule has 0 saturated carbocycles. The van der Waals surface area contributed by atoms with Crippen molar-refractivity contribution >= 4 is 0 Å². The second-order valence-electron chi connectivity index (χ2n) is 6.14. The van der Waals surface area contributed by atoms with Crippen LogP contribution in [0.25, 0.3) is 11.3 Å². The summed E-state index contributed by atoms with van der Waals surface area (Å²) in [5.41, 5.74) is 5.84. The zero-order chi connectivity index (χ0) is 17.5. The molecule has 3 aromatic rings. The number of nitrogens with zero attached hydrogens (tertiary/aromatic N) is 2. The maximum atomic E-state index is 9.00. The fourth-order valence-corrected chi connectivity index (χ4v) is 2.89. The van der Waals surface area contributed by atoms with Gasteiger partial charge in [0.1, 0.15) is 0 Å². The van der Waals surface area contributed by atoms with Crippen molar-refractivity contribution < 1.29 is 5.11 Å². The largest absolute Gasteiger partial charge is 0.395 e. The van der Waals surface area contributed by atoms with Crippen molar-refractivity contribution in [3.8, 4) is 11.3 Å². The van der Waals surface area contributed by atoms with Gasteiger partial charge in [-0.25, -0.2) is 0 Å². The molecular weight excluding hydrogens is 310 g/mol. The van der Waals surface area contributed by atoms with Crippen LogP contribution >= 0.6 is 0 Å².